The predicted octanol–water partition coefficient (Wildman–Crippen LogP) is 2.58. The lowest BCUT2D eigenvalue weighted by molar-refractivity contribution is -0.139. The first-order chi connectivity index (χ1) is 11.6. The van der Waals surface area contributed by atoms with E-state index >= 15 is 0 Å². The van der Waals surface area contributed by atoms with E-state index in [0.29, 0.717) is 12.1 Å². The molecule has 1 fully saturated rings. The van der Waals surface area contributed by atoms with Gasteiger partial charge in [0.1, 0.15) is 6.54 Å². The number of piperazine rings is 1. The van der Waals surface area contributed by atoms with E-state index in [4.69, 9.17) is 0 Å². The molecule has 122 valence electrons. The molecule has 2 aromatic rings. The number of hydrogen-bond acceptors (Lipinski definition) is 2. The largest absolute Gasteiger partial charge is 0.332 e. The Balaban J connectivity index is 1.65. The van der Waals surface area contributed by atoms with Gasteiger partial charge < -0.3 is 9.80 Å². The van der Waals surface area contributed by atoms with Crippen molar-refractivity contribution in [2.45, 2.75) is 19.4 Å². The minimum Gasteiger partial charge on any atom is -0.332 e. The molecule has 2 aliphatic rings. The number of nitrogens with zero attached hydrogens (tertiary/aromatic N) is 2. The highest BCUT2D eigenvalue weighted by Crippen LogP contribution is 2.33. The Hall–Kier alpha value is -2.62. The number of amides is 2. The second-order valence-electron chi connectivity index (χ2n) is 6.61. The number of aryl methyl sites for hydroxylation is 1. The van der Waals surface area contributed by atoms with Gasteiger partial charge in [0.15, 0.2) is 0 Å². The van der Waals surface area contributed by atoms with Crippen LogP contribution in [0.5, 0.6) is 0 Å². The van der Waals surface area contributed by atoms with Crippen LogP contribution in [0.25, 0.3) is 0 Å². The van der Waals surface area contributed by atoms with Crippen LogP contribution in [0, 0.1) is 6.92 Å². The third-order valence-electron chi connectivity index (χ3n) is 5.00. The number of rotatable bonds is 1. The average molecular weight is 320 g/mol. The minimum absolute atomic E-state index is 0.0232. The van der Waals surface area contributed by atoms with Crippen molar-refractivity contribution >= 4 is 11.8 Å². The van der Waals surface area contributed by atoms with Crippen molar-refractivity contribution in [2.75, 3.05) is 19.6 Å². The molecule has 2 aliphatic heterocycles. The number of fused-ring (bicyclic) bond motifs is 3. The van der Waals surface area contributed by atoms with E-state index in [1.165, 1.54) is 11.1 Å². The van der Waals surface area contributed by atoms with Gasteiger partial charge in [-0.05, 0) is 36.6 Å². The van der Waals surface area contributed by atoms with E-state index in [0.717, 1.165) is 18.5 Å². The molecular weight excluding hydrogens is 300 g/mol. The Bertz CT molecular complexity index is 815. The van der Waals surface area contributed by atoms with E-state index in [1.54, 1.807) is 4.90 Å². The first-order valence-electron chi connectivity index (χ1n) is 8.37. The van der Waals surface area contributed by atoms with E-state index in [9.17, 15) is 9.59 Å². The van der Waals surface area contributed by atoms with Crippen LogP contribution >= 0.6 is 0 Å². The minimum atomic E-state index is -0.0604. The predicted molar refractivity (Wildman–Crippen MR) is 91.7 cm³/mol. The van der Waals surface area contributed by atoms with Gasteiger partial charge in [-0.15, -0.1) is 0 Å². The van der Waals surface area contributed by atoms with Gasteiger partial charge in [-0.3, -0.25) is 9.59 Å². The average Bonchev–Trinajstić information content (AvgIpc) is 2.61. The maximum absolute atomic E-state index is 12.8. The molecule has 4 heteroatoms. The molecule has 0 aliphatic carbocycles. The quantitative estimate of drug-likeness (QED) is 0.810. The van der Waals surface area contributed by atoms with Crippen molar-refractivity contribution in [3.05, 3.63) is 70.8 Å². The first-order valence-corrected chi connectivity index (χ1v) is 8.37. The van der Waals surface area contributed by atoms with Crippen molar-refractivity contribution in [3.8, 4) is 0 Å². The number of carbonyl (C=O) groups is 2. The van der Waals surface area contributed by atoms with Crippen molar-refractivity contribution in [1.29, 1.82) is 0 Å². The highest BCUT2D eigenvalue weighted by Gasteiger charge is 2.38. The summed E-state index contributed by atoms with van der Waals surface area (Å²) in [6.45, 7) is 3.45. The van der Waals surface area contributed by atoms with E-state index in [2.05, 4.69) is 12.1 Å². The van der Waals surface area contributed by atoms with Gasteiger partial charge in [0.05, 0.1) is 6.04 Å². The number of benzene rings is 2. The third-order valence-corrected chi connectivity index (χ3v) is 5.00. The van der Waals surface area contributed by atoms with Crippen LogP contribution in [0.4, 0.5) is 0 Å². The number of carbonyl (C=O) groups excluding carboxylic acids is 2. The lowest BCUT2D eigenvalue weighted by atomic mass is 9.90. The summed E-state index contributed by atoms with van der Waals surface area (Å²) in [7, 11) is 0. The highest BCUT2D eigenvalue weighted by atomic mass is 16.2. The molecule has 24 heavy (non-hydrogen) atoms. The molecule has 0 spiro atoms. The molecular formula is C20H20N2O2. The smallest absolute Gasteiger partial charge is 0.254 e. The molecule has 0 bridgehead atoms. The Morgan fingerprint density at radius 2 is 1.96 bits per heavy atom. The van der Waals surface area contributed by atoms with Crippen LogP contribution in [0.15, 0.2) is 48.5 Å². The van der Waals surface area contributed by atoms with E-state index in [-0.39, 0.29) is 24.4 Å². The van der Waals surface area contributed by atoms with Crippen LogP contribution < -0.4 is 0 Å². The molecule has 4 nitrogen and oxygen atoms in total. The van der Waals surface area contributed by atoms with Gasteiger partial charge >= 0.3 is 0 Å². The molecule has 4 rings (SSSR count). The Labute approximate surface area is 141 Å². The first kappa shape index (κ1) is 14.9. The van der Waals surface area contributed by atoms with Crippen LogP contribution in [0.2, 0.25) is 0 Å². The molecule has 1 atom stereocenters. The lowest BCUT2D eigenvalue weighted by Crippen LogP contribution is -2.55. The van der Waals surface area contributed by atoms with Crippen molar-refractivity contribution in [2.24, 2.45) is 0 Å². The SMILES string of the molecule is Cc1cccc(C(=O)N2CC(=O)N3CCc4ccccc4C3C2)c1. The standard InChI is InChI=1S/C20H20N2O2/c1-14-5-4-7-16(11-14)20(24)21-12-18-17-8-3-2-6-15(17)9-10-22(18)19(23)13-21/h2-8,11,18H,9-10,12-13H2,1H3. The monoisotopic (exact) mass is 320 g/mol. The summed E-state index contributed by atoms with van der Waals surface area (Å²) in [5.41, 5.74) is 4.17. The van der Waals surface area contributed by atoms with Crippen LogP contribution in [-0.2, 0) is 11.2 Å². The van der Waals surface area contributed by atoms with Gasteiger partial charge in [0, 0.05) is 18.7 Å². The van der Waals surface area contributed by atoms with Gasteiger partial charge in [0.2, 0.25) is 5.91 Å². The zero-order chi connectivity index (χ0) is 16.7. The summed E-state index contributed by atoms with van der Waals surface area (Å²) in [4.78, 5) is 29.1. The topological polar surface area (TPSA) is 40.6 Å². The fraction of sp³-hybridized carbons (Fsp3) is 0.300. The summed E-state index contributed by atoms with van der Waals surface area (Å²) < 4.78 is 0. The molecule has 0 saturated carbocycles. The normalized spacial score (nSPS) is 19.7. The fourth-order valence-corrected chi connectivity index (χ4v) is 3.79. The Morgan fingerprint density at radius 3 is 2.79 bits per heavy atom. The zero-order valence-electron chi connectivity index (χ0n) is 13.7. The molecule has 2 heterocycles. The molecule has 1 saturated heterocycles. The molecule has 0 aromatic heterocycles. The summed E-state index contributed by atoms with van der Waals surface area (Å²) >= 11 is 0. The second-order valence-corrected chi connectivity index (χ2v) is 6.61. The summed E-state index contributed by atoms with van der Waals surface area (Å²) in [6.07, 6.45) is 0.893. The summed E-state index contributed by atoms with van der Waals surface area (Å²) in [6, 6.07) is 15.8. The molecule has 2 amide bonds. The Morgan fingerprint density at radius 1 is 1.12 bits per heavy atom. The molecule has 2 aromatic carbocycles. The van der Waals surface area contributed by atoms with Gasteiger partial charge in [-0.1, -0.05) is 42.0 Å². The van der Waals surface area contributed by atoms with Crippen molar-refractivity contribution < 1.29 is 9.59 Å². The van der Waals surface area contributed by atoms with Gasteiger partial charge in [0.25, 0.3) is 5.91 Å². The maximum Gasteiger partial charge on any atom is 0.254 e. The summed E-state index contributed by atoms with van der Waals surface area (Å²) in [5, 5.41) is 0. The molecule has 1 unspecified atom stereocenters. The molecule has 0 radical (unpaired) electrons. The summed E-state index contributed by atoms with van der Waals surface area (Å²) in [5.74, 6) is -0.0171. The number of hydrogen-bond donors (Lipinski definition) is 0. The lowest BCUT2D eigenvalue weighted by Gasteiger charge is -2.44. The molecule has 0 N–H and O–H groups in total. The third kappa shape index (κ3) is 2.48. The van der Waals surface area contributed by atoms with E-state index in [1.807, 2.05) is 48.2 Å². The van der Waals surface area contributed by atoms with Gasteiger partial charge in [-0.25, -0.2) is 0 Å². The Kier molecular flexibility index (Phi) is 3.60. The van der Waals surface area contributed by atoms with Crippen LogP contribution in [-0.4, -0.2) is 41.2 Å². The van der Waals surface area contributed by atoms with Crippen LogP contribution in [0.1, 0.15) is 33.1 Å². The van der Waals surface area contributed by atoms with Gasteiger partial charge in [-0.2, -0.15) is 0 Å². The second kappa shape index (κ2) is 5.78. The van der Waals surface area contributed by atoms with E-state index < -0.39 is 0 Å². The fourth-order valence-electron chi connectivity index (χ4n) is 3.79. The van der Waals surface area contributed by atoms with Crippen molar-refractivity contribution in [1.82, 2.24) is 9.80 Å². The zero-order valence-corrected chi connectivity index (χ0v) is 13.7. The maximum atomic E-state index is 12.8. The highest BCUT2D eigenvalue weighted by molar-refractivity contribution is 5.97. The van der Waals surface area contributed by atoms with Crippen molar-refractivity contribution in [3.63, 3.8) is 0 Å². The van der Waals surface area contributed by atoms with Crippen LogP contribution in [0.3, 0.4) is 0 Å².